The van der Waals surface area contributed by atoms with Crippen LogP contribution in [0.25, 0.3) is 0 Å². The number of hydrogen-bond acceptors (Lipinski definition) is 11. The monoisotopic (exact) mass is 942 g/mol. The van der Waals surface area contributed by atoms with Gasteiger partial charge in [-0.2, -0.15) is 0 Å². The van der Waals surface area contributed by atoms with Crippen molar-refractivity contribution in [2.45, 2.75) is 136 Å². The number of carboxylic acid groups (broad SMARTS) is 1. The second-order valence-corrected chi connectivity index (χ2v) is 20.3. The van der Waals surface area contributed by atoms with Crippen molar-refractivity contribution >= 4 is 51.7 Å². The number of hydrazine groups is 1. The zero-order valence-corrected chi connectivity index (χ0v) is 41.3. The van der Waals surface area contributed by atoms with E-state index in [9.17, 15) is 47.1 Å². The summed E-state index contributed by atoms with van der Waals surface area (Å²) in [7, 11) is -1.13. The number of primary amides is 1. The normalized spacial score (nSPS) is 15.0. The standard InChI is InChI=1S/C46H71N9O10S/c1-27(2)35(54(13)42(60)38(45(7,8)9)52-40(58)37(48-12)46(10,11)33-17-15-14-16-18-33)25-28(3)39(57)53-66(64,65)34-22-20-32(21-23-34)26-49-55(29(4)19-24-36(56)51-43(47)61)41(59)30(5)31(6)50-44(62)63/h14-18,20-23,25,27,29-31,35,37-38,48-50H,19,24,26H2,1-13H3,(H,52,58)(H,53,57)(H,62,63)(H3,47,51,56,61)/b28-25+/t29?,30-,31?,35+,37+,38+/m0/s1. The van der Waals surface area contributed by atoms with Crippen molar-refractivity contribution in [3.63, 3.8) is 0 Å². The summed E-state index contributed by atoms with van der Waals surface area (Å²) >= 11 is 0. The van der Waals surface area contributed by atoms with E-state index in [2.05, 4.69) is 26.1 Å². The van der Waals surface area contributed by atoms with E-state index in [4.69, 9.17) is 5.73 Å². The molecule has 0 aliphatic heterocycles. The number of nitrogens with two attached hydrogens (primary N) is 1. The molecule has 19 nitrogen and oxygen atoms in total. The Morgan fingerprint density at radius 1 is 0.833 bits per heavy atom. The summed E-state index contributed by atoms with van der Waals surface area (Å²) in [5.74, 6) is -3.91. The van der Waals surface area contributed by atoms with Crippen LogP contribution in [0.4, 0.5) is 9.59 Å². The van der Waals surface area contributed by atoms with E-state index < -0.39 is 92.7 Å². The van der Waals surface area contributed by atoms with Crippen molar-refractivity contribution in [1.29, 1.82) is 0 Å². The Labute approximate surface area is 389 Å². The van der Waals surface area contributed by atoms with Crippen LogP contribution in [0.3, 0.4) is 0 Å². The van der Waals surface area contributed by atoms with Crippen molar-refractivity contribution in [2.75, 3.05) is 14.1 Å². The van der Waals surface area contributed by atoms with Crippen molar-refractivity contribution in [3.05, 3.63) is 77.4 Å². The number of nitrogens with one attached hydrogen (secondary N) is 6. The van der Waals surface area contributed by atoms with E-state index in [0.717, 1.165) is 5.56 Å². The maximum Gasteiger partial charge on any atom is 0.404 e. The number of imide groups is 1. The molecule has 0 saturated heterocycles. The Balaban J connectivity index is 2.27. The summed E-state index contributed by atoms with van der Waals surface area (Å²) in [6.07, 6.45) is 0.152. The van der Waals surface area contributed by atoms with E-state index >= 15 is 0 Å². The van der Waals surface area contributed by atoms with Crippen molar-refractivity contribution in [3.8, 4) is 0 Å². The fraction of sp³-hybridized carbons (Fsp3) is 0.543. The molecule has 366 valence electrons. The third kappa shape index (κ3) is 15.9. The molecule has 2 rings (SSSR count). The first-order valence-electron chi connectivity index (χ1n) is 21.8. The molecule has 9 N–H and O–H groups in total. The summed E-state index contributed by atoms with van der Waals surface area (Å²) < 4.78 is 29.0. The van der Waals surface area contributed by atoms with Gasteiger partial charge in [-0.05, 0) is 68.8 Å². The molecular weight excluding hydrogens is 871 g/mol. The first kappa shape index (κ1) is 56.3. The Bertz CT molecular complexity index is 2180. The Morgan fingerprint density at radius 3 is 1.91 bits per heavy atom. The van der Waals surface area contributed by atoms with Gasteiger partial charge in [0.15, 0.2) is 0 Å². The fourth-order valence-corrected chi connectivity index (χ4v) is 8.28. The predicted molar refractivity (Wildman–Crippen MR) is 251 cm³/mol. The average Bonchev–Trinajstić information content (AvgIpc) is 3.22. The van der Waals surface area contributed by atoms with E-state index in [1.807, 2.05) is 84.1 Å². The topological polar surface area (TPSA) is 279 Å². The maximum atomic E-state index is 14.3. The summed E-state index contributed by atoms with van der Waals surface area (Å²) in [6, 6.07) is 10.3. The van der Waals surface area contributed by atoms with Crippen LogP contribution in [0.15, 0.2) is 71.1 Å². The number of carbonyl (C=O) groups is 7. The number of hydrogen-bond donors (Lipinski definition) is 8. The molecule has 0 saturated carbocycles. The predicted octanol–water partition coefficient (Wildman–Crippen LogP) is 3.51. The number of rotatable bonds is 22. The van der Waals surface area contributed by atoms with Crippen LogP contribution in [0.5, 0.6) is 0 Å². The molecule has 0 bridgehead atoms. The minimum absolute atomic E-state index is 0.00409. The highest BCUT2D eigenvalue weighted by Gasteiger charge is 2.42. The van der Waals surface area contributed by atoms with Gasteiger partial charge in [0.2, 0.25) is 23.6 Å². The van der Waals surface area contributed by atoms with Crippen LogP contribution < -0.4 is 37.1 Å². The van der Waals surface area contributed by atoms with Gasteiger partial charge in [-0.25, -0.2) is 28.2 Å². The Kier molecular flexibility index (Phi) is 20.5. The van der Waals surface area contributed by atoms with Gasteiger partial charge in [-0.3, -0.25) is 34.3 Å². The van der Waals surface area contributed by atoms with Gasteiger partial charge in [0.1, 0.15) is 6.04 Å². The third-order valence-electron chi connectivity index (χ3n) is 11.6. The number of sulfonamides is 1. The van der Waals surface area contributed by atoms with Gasteiger partial charge < -0.3 is 31.7 Å². The van der Waals surface area contributed by atoms with Gasteiger partial charge in [0.25, 0.3) is 15.9 Å². The van der Waals surface area contributed by atoms with Gasteiger partial charge in [-0.1, -0.05) is 104 Å². The lowest BCUT2D eigenvalue weighted by molar-refractivity contribution is -0.142. The highest BCUT2D eigenvalue weighted by atomic mass is 32.2. The average molecular weight is 942 g/mol. The molecule has 0 fully saturated rings. The van der Waals surface area contributed by atoms with Crippen LogP contribution in [-0.4, -0.2) is 109 Å². The summed E-state index contributed by atoms with van der Waals surface area (Å²) in [4.78, 5) is 90.9. The van der Waals surface area contributed by atoms with E-state index in [0.29, 0.717) is 5.56 Å². The molecule has 0 radical (unpaired) electrons. The van der Waals surface area contributed by atoms with E-state index in [-0.39, 0.29) is 41.7 Å². The van der Waals surface area contributed by atoms with Crippen LogP contribution in [0, 0.1) is 17.3 Å². The number of benzene rings is 2. The van der Waals surface area contributed by atoms with Gasteiger partial charge in [-0.15, -0.1) is 0 Å². The second-order valence-electron chi connectivity index (χ2n) is 18.6. The molecule has 0 aliphatic rings. The van der Waals surface area contributed by atoms with Crippen LogP contribution in [-0.2, 0) is 46.0 Å². The minimum atomic E-state index is -4.40. The van der Waals surface area contributed by atoms with Gasteiger partial charge >= 0.3 is 12.1 Å². The summed E-state index contributed by atoms with van der Waals surface area (Å²) in [6.45, 7) is 19.3. The largest absolute Gasteiger partial charge is 0.465 e. The van der Waals surface area contributed by atoms with E-state index in [1.165, 1.54) is 61.0 Å². The Hall–Kier alpha value is -5.86. The number of likely N-dealkylation sites (N-methyl/N-ethyl adjacent to an activating group) is 2. The molecule has 2 aromatic carbocycles. The number of amides is 8. The van der Waals surface area contributed by atoms with Crippen molar-refractivity contribution in [1.82, 2.24) is 41.3 Å². The third-order valence-corrected chi connectivity index (χ3v) is 12.9. The lowest BCUT2D eigenvalue weighted by Crippen LogP contribution is -2.61. The number of urea groups is 1. The second kappa shape index (κ2) is 24.1. The number of carbonyl (C=O) groups excluding carboxylic acids is 6. The SMILES string of the molecule is CN[C@H](C(=O)N[C@H](C(=O)N(C)[C@H](/C=C(\C)C(=O)NS(=O)(=O)c1ccc(CNN(C(=O)[C@@H](C)C(C)NC(=O)O)C(C)CCC(=O)NC(N)=O)cc1)C(C)C)C(C)(C)C)C(C)(C)c1ccccc1. The lowest BCUT2D eigenvalue weighted by Gasteiger charge is -2.40. The molecule has 20 heteroatoms. The Morgan fingerprint density at radius 2 is 1.41 bits per heavy atom. The zero-order valence-electron chi connectivity index (χ0n) is 40.4. The molecule has 2 aromatic rings. The zero-order chi connectivity index (χ0) is 50.5. The molecule has 8 amide bonds. The van der Waals surface area contributed by atoms with E-state index in [1.54, 1.807) is 21.0 Å². The quantitative estimate of drug-likeness (QED) is 0.0623. The maximum absolute atomic E-state index is 14.3. The van der Waals surface area contributed by atoms with Crippen LogP contribution in [0.1, 0.15) is 100 Å². The summed E-state index contributed by atoms with van der Waals surface area (Å²) in [5.41, 5.74) is 8.13. The highest BCUT2D eigenvalue weighted by molar-refractivity contribution is 7.90. The lowest BCUT2D eigenvalue weighted by atomic mass is 9.76. The smallest absolute Gasteiger partial charge is 0.404 e. The molecular formula is C46H71N9O10S. The molecule has 66 heavy (non-hydrogen) atoms. The van der Waals surface area contributed by atoms with Gasteiger partial charge in [0, 0.05) is 43.1 Å². The van der Waals surface area contributed by atoms with Crippen LogP contribution >= 0.6 is 0 Å². The minimum Gasteiger partial charge on any atom is -0.465 e. The molecule has 0 spiro atoms. The summed E-state index contributed by atoms with van der Waals surface area (Å²) in [5, 5.41) is 20.8. The van der Waals surface area contributed by atoms with Gasteiger partial charge in [0.05, 0.1) is 22.9 Å². The fourth-order valence-electron chi connectivity index (χ4n) is 7.26. The molecule has 0 aliphatic carbocycles. The molecule has 2 unspecified atom stereocenters. The molecule has 6 atom stereocenters. The number of nitrogens with zero attached hydrogens (tertiary/aromatic N) is 2. The van der Waals surface area contributed by atoms with Crippen LogP contribution in [0.2, 0.25) is 0 Å². The molecule has 0 aromatic heterocycles. The van der Waals surface area contributed by atoms with Crippen molar-refractivity contribution in [2.24, 2.45) is 23.0 Å². The first-order chi connectivity index (χ1) is 30.5. The molecule has 0 heterocycles. The highest BCUT2D eigenvalue weighted by Crippen LogP contribution is 2.29. The first-order valence-corrected chi connectivity index (χ1v) is 23.2. The van der Waals surface area contributed by atoms with Crippen molar-refractivity contribution < 1.29 is 47.1 Å².